The Bertz CT molecular complexity index is 1150. The molecule has 1 atom stereocenters. The van der Waals surface area contributed by atoms with Crippen LogP contribution in [0.3, 0.4) is 0 Å². The van der Waals surface area contributed by atoms with E-state index in [9.17, 15) is 9.59 Å². The molecular formula is C31H37BrN2O3. The summed E-state index contributed by atoms with van der Waals surface area (Å²) in [5, 5.41) is 3.04. The van der Waals surface area contributed by atoms with Gasteiger partial charge in [-0.05, 0) is 52.8 Å². The van der Waals surface area contributed by atoms with Gasteiger partial charge in [-0.3, -0.25) is 9.59 Å². The lowest BCUT2D eigenvalue weighted by atomic mass is 10.0. The van der Waals surface area contributed by atoms with Crippen LogP contribution < -0.4 is 10.1 Å². The number of carbonyl (C=O) groups is 2. The molecule has 0 radical (unpaired) electrons. The topological polar surface area (TPSA) is 58.6 Å². The minimum atomic E-state index is -0.681. The Balaban J connectivity index is 1.87. The number of ether oxygens (including phenoxy) is 1. The third kappa shape index (κ3) is 9.04. The Hall–Kier alpha value is -3.12. The van der Waals surface area contributed by atoms with Crippen LogP contribution in [0.25, 0.3) is 0 Å². The molecule has 0 saturated heterocycles. The molecule has 0 bridgehead atoms. The first-order chi connectivity index (χ1) is 17.7. The van der Waals surface area contributed by atoms with Gasteiger partial charge in [0.1, 0.15) is 11.8 Å². The molecule has 0 spiro atoms. The van der Waals surface area contributed by atoms with Crippen LogP contribution in [0.4, 0.5) is 0 Å². The SMILES string of the molecule is CC(C)CNC(=O)C(Cc1ccccc1)N(Cc1cccc(Br)c1)C(=O)COc1ccc(C(C)C)cc1. The summed E-state index contributed by atoms with van der Waals surface area (Å²) in [5.74, 6) is 0.937. The van der Waals surface area contributed by atoms with E-state index in [1.807, 2.05) is 78.9 Å². The predicted molar refractivity (Wildman–Crippen MR) is 152 cm³/mol. The molecule has 3 aromatic rings. The van der Waals surface area contributed by atoms with Crippen LogP contribution in [0.5, 0.6) is 5.75 Å². The fraction of sp³-hybridized carbons (Fsp3) is 0.355. The number of nitrogens with zero attached hydrogens (tertiary/aromatic N) is 1. The molecule has 5 nitrogen and oxygen atoms in total. The number of benzene rings is 3. The highest BCUT2D eigenvalue weighted by Crippen LogP contribution is 2.20. The number of halogens is 1. The van der Waals surface area contributed by atoms with Gasteiger partial charge in [0, 0.05) is 24.0 Å². The van der Waals surface area contributed by atoms with E-state index in [4.69, 9.17) is 4.74 Å². The van der Waals surface area contributed by atoms with Crippen molar-refractivity contribution in [2.45, 2.75) is 52.6 Å². The largest absolute Gasteiger partial charge is 0.484 e. The van der Waals surface area contributed by atoms with E-state index in [1.165, 1.54) is 5.56 Å². The highest BCUT2D eigenvalue weighted by Gasteiger charge is 2.30. The number of hydrogen-bond acceptors (Lipinski definition) is 3. The number of rotatable bonds is 12. The van der Waals surface area contributed by atoms with Crippen LogP contribution in [-0.4, -0.2) is 35.9 Å². The lowest BCUT2D eigenvalue weighted by Gasteiger charge is -2.31. The summed E-state index contributed by atoms with van der Waals surface area (Å²) >= 11 is 3.52. The van der Waals surface area contributed by atoms with Crippen molar-refractivity contribution in [1.82, 2.24) is 10.2 Å². The zero-order valence-electron chi connectivity index (χ0n) is 22.1. The van der Waals surface area contributed by atoms with Crippen molar-refractivity contribution >= 4 is 27.7 Å². The number of carbonyl (C=O) groups excluding carboxylic acids is 2. The molecule has 0 aliphatic rings. The van der Waals surface area contributed by atoms with Gasteiger partial charge in [-0.2, -0.15) is 0 Å². The second-order valence-corrected chi connectivity index (χ2v) is 10.9. The molecule has 0 saturated carbocycles. The number of amides is 2. The highest BCUT2D eigenvalue weighted by molar-refractivity contribution is 9.10. The first-order valence-corrected chi connectivity index (χ1v) is 13.6. The van der Waals surface area contributed by atoms with Gasteiger partial charge in [0.15, 0.2) is 6.61 Å². The Morgan fingerprint density at radius 3 is 2.19 bits per heavy atom. The van der Waals surface area contributed by atoms with Gasteiger partial charge >= 0.3 is 0 Å². The fourth-order valence-electron chi connectivity index (χ4n) is 3.99. The van der Waals surface area contributed by atoms with Crippen molar-refractivity contribution in [3.8, 4) is 5.75 Å². The summed E-state index contributed by atoms with van der Waals surface area (Å²) in [7, 11) is 0. The monoisotopic (exact) mass is 564 g/mol. The summed E-state index contributed by atoms with van der Waals surface area (Å²) in [6.45, 7) is 9.05. The Morgan fingerprint density at radius 2 is 1.57 bits per heavy atom. The minimum absolute atomic E-state index is 0.155. The van der Waals surface area contributed by atoms with Crippen LogP contribution in [0, 0.1) is 5.92 Å². The van der Waals surface area contributed by atoms with E-state index in [0.717, 1.165) is 15.6 Å². The molecule has 2 amide bonds. The van der Waals surface area contributed by atoms with Crippen molar-refractivity contribution in [2.75, 3.05) is 13.2 Å². The van der Waals surface area contributed by atoms with Gasteiger partial charge in [0.25, 0.3) is 5.91 Å². The van der Waals surface area contributed by atoms with Crippen LogP contribution in [0.1, 0.15) is 50.3 Å². The summed E-state index contributed by atoms with van der Waals surface area (Å²) in [5.41, 5.74) is 3.13. The van der Waals surface area contributed by atoms with Gasteiger partial charge in [-0.25, -0.2) is 0 Å². The molecule has 3 rings (SSSR count). The summed E-state index contributed by atoms with van der Waals surface area (Å²) in [6, 6.07) is 24.7. The third-order valence-corrected chi connectivity index (χ3v) is 6.60. The van der Waals surface area contributed by atoms with Gasteiger partial charge in [0.05, 0.1) is 0 Å². The van der Waals surface area contributed by atoms with E-state index < -0.39 is 6.04 Å². The molecule has 1 N–H and O–H groups in total. The quantitative estimate of drug-likeness (QED) is 0.278. The van der Waals surface area contributed by atoms with E-state index in [0.29, 0.717) is 37.1 Å². The molecular weight excluding hydrogens is 528 g/mol. The Morgan fingerprint density at radius 1 is 0.892 bits per heavy atom. The first kappa shape index (κ1) is 28.5. The molecule has 3 aromatic carbocycles. The van der Waals surface area contributed by atoms with Gasteiger partial charge in [0.2, 0.25) is 5.91 Å². The molecule has 37 heavy (non-hydrogen) atoms. The van der Waals surface area contributed by atoms with Gasteiger partial charge in [-0.15, -0.1) is 0 Å². The molecule has 6 heteroatoms. The lowest BCUT2D eigenvalue weighted by Crippen LogP contribution is -2.52. The second kappa shape index (κ2) is 14.0. The molecule has 196 valence electrons. The summed E-state index contributed by atoms with van der Waals surface area (Å²) < 4.78 is 6.81. The van der Waals surface area contributed by atoms with Crippen molar-refractivity contribution < 1.29 is 14.3 Å². The first-order valence-electron chi connectivity index (χ1n) is 12.8. The summed E-state index contributed by atoms with van der Waals surface area (Å²) in [4.78, 5) is 28.8. The Kier molecular flexibility index (Phi) is 10.8. The maximum Gasteiger partial charge on any atom is 0.261 e. The zero-order valence-corrected chi connectivity index (χ0v) is 23.7. The van der Waals surface area contributed by atoms with Crippen molar-refractivity contribution in [1.29, 1.82) is 0 Å². The fourth-order valence-corrected chi connectivity index (χ4v) is 4.43. The number of hydrogen-bond donors (Lipinski definition) is 1. The maximum absolute atomic E-state index is 13.7. The molecule has 0 fully saturated rings. The van der Waals surface area contributed by atoms with E-state index >= 15 is 0 Å². The normalized spacial score (nSPS) is 11.9. The van der Waals surface area contributed by atoms with Crippen LogP contribution in [0.2, 0.25) is 0 Å². The second-order valence-electron chi connectivity index (χ2n) is 10.0. The molecule has 1 unspecified atom stereocenters. The average Bonchev–Trinajstić information content (AvgIpc) is 2.88. The number of nitrogens with one attached hydrogen (secondary N) is 1. The molecule has 0 aliphatic carbocycles. The lowest BCUT2D eigenvalue weighted by molar-refractivity contribution is -0.142. The van der Waals surface area contributed by atoms with Crippen molar-refractivity contribution in [3.05, 3.63) is 100 Å². The van der Waals surface area contributed by atoms with Crippen LogP contribution in [0.15, 0.2) is 83.3 Å². The molecule has 0 aromatic heterocycles. The van der Waals surface area contributed by atoms with E-state index in [-0.39, 0.29) is 18.4 Å². The van der Waals surface area contributed by atoms with Crippen LogP contribution >= 0.6 is 15.9 Å². The summed E-state index contributed by atoms with van der Waals surface area (Å²) in [6.07, 6.45) is 0.410. The smallest absolute Gasteiger partial charge is 0.261 e. The average molecular weight is 566 g/mol. The van der Waals surface area contributed by atoms with E-state index in [2.05, 4.69) is 48.9 Å². The Labute approximate surface area is 229 Å². The third-order valence-electron chi connectivity index (χ3n) is 6.11. The van der Waals surface area contributed by atoms with Gasteiger partial charge < -0.3 is 15.0 Å². The van der Waals surface area contributed by atoms with Gasteiger partial charge in [-0.1, -0.05) is 98.2 Å². The minimum Gasteiger partial charge on any atom is -0.484 e. The standard InChI is InChI=1S/C31H37BrN2O3/c1-22(2)19-33-31(36)29(18-24-9-6-5-7-10-24)34(20-25-11-8-12-27(32)17-25)30(35)21-37-28-15-13-26(14-16-28)23(3)4/h5-17,22-23,29H,18-21H2,1-4H3,(H,33,36). The van der Waals surface area contributed by atoms with Crippen LogP contribution in [-0.2, 0) is 22.6 Å². The predicted octanol–water partition coefficient (Wildman–Crippen LogP) is 6.36. The van der Waals surface area contributed by atoms with Crippen molar-refractivity contribution in [3.63, 3.8) is 0 Å². The van der Waals surface area contributed by atoms with Crippen molar-refractivity contribution in [2.24, 2.45) is 5.92 Å². The zero-order chi connectivity index (χ0) is 26.8. The highest BCUT2D eigenvalue weighted by atomic mass is 79.9. The maximum atomic E-state index is 13.7. The molecule has 0 heterocycles. The molecule has 0 aliphatic heterocycles. The van der Waals surface area contributed by atoms with E-state index in [1.54, 1.807) is 4.90 Å².